The van der Waals surface area contributed by atoms with E-state index in [2.05, 4.69) is 15.3 Å². The van der Waals surface area contributed by atoms with Crippen LogP contribution in [0.2, 0.25) is 0 Å². The highest BCUT2D eigenvalue weighted by molar-refractivity contribution is 5.94. The quantitative estimate of drug-likeness (QED) is 0.919. The third-order valence-corrected chi connectivity index (χ3v) is 3.16. The number of alkyl halides is 3. The first-order valence-corrected chi connectivity index (χ1v) is 7.05. The highest BCUT2D eigenvalue weighted by Crippen LogP contribution is 2.21. The zero-order valence-electron chi connectivity index (χ0n) is 12.5. The van der Waals surface area contributed by atoms with Gasteiger partial charge in [-0.3, -0.25) is 14.8 Å². The summed E-state index contributed by atoms with van der Waals surface area (Å²) in [5.74, 6) is -0.239. The average molecular weight is 323 g/mol. The van der Waals surface area contributed by atoms with Crippen LogP contribution in [-0.2, 0) is 13.0 Å². The molecule has 1 amide bonds. The number of halogens is 3. The Morgan fingerprint density at radius 3 is 2.61 bits per heavy atom. The van der Waals surface area contributed by atoms with Crippen molar-refractivity contribution in [3.63, 3.8) is 0 Å². The summed E-state index contributed by atoms with van der Waals surface area (Å²) in [5.41, 5.74) is 2.35. The van der Waals surface area contributed by atoms with Crippen molar-refractivity contribution in [1.82, 2.24) is 15.3 Å². The molecule has 1 N–H and O–H groups in total. The molecule has 0 aromatic carbocycles. The third kappa shape index (κ3) is 5.69. The molecule has 2 aromatic rings. The Bertz CT molecular complexity index is 669. The second kappa shape index (κ2) is 7.21. The first-order valence-electron chi connectivity index (χ1n) is 7.05. The van der Waals surface area contributed by atoms with Crippen molar-refractivity contribution in [2.24, 2.45) is 0 Å². The van der Waals surface area contributed by atoms with Crippen molar-refractivity contribution in [2.75, 3.05) is 0 Å². The Morgan fingerprint density at radius 1 is 1.22 bits per heavy atom. The maximum atomic E-state index is 12.1. The molecule has 122 valence electrons. The van der Waals surface area contributed by atoms with Crippen LogP contribution < -0.4 is 5.32 Å². The molecular weight excluding hydrogens is 307 g/mol. The lowest BCUT2D eigenvalue weighted by molar-refractivity contribution is -0.134. The van der Waals surface area contributed by atoms with Gasteiger partial charge in [-0.05, 0) is 37.1 Å². The highest BCUT2D eigenvalue weighted by atomic mass is 19.4. The summed E-state index contributed by atoms with van der Waals surface area (Å²) in [4.78, 5) is 20.0. The molecule has 0 unspecified atom stereocenters. The van der Waals surface area contributed by atoms with Gasteiger partial charge in [0.25, 0.3) is 5.91 Å². The van der Waals surface area contributed by atoms with Gasteiger partial charge in [0.2, 0.25) is 0 Å². The minimum absolute atomic E-state index is 0.146. The van der Waals surface area contributed by atoms with Crippen LogP contribution in [-0.4, -0.2) is 22.1 Å². The van der Waals surface area contributed by atoms with E-state index in [0.717, 1.165) is 11.3 Å². The van der Waals surface area contributed by atoms with E-state index in [0.29, 0.717) is 11.3 Å². The summed E-state index contributed by atoms with van der Waals surface area (Å²) in [7, 11) is 0. The van der Waals surface area contributed by atoms with Gasteiger partial charge in [0.05, 0.1) is 0 Å². The molecule has 0 bridgehead atoms. The van der Waals surface area contributed by atoms with Crippen LogP contribution in [0.15, 0.2) is 36.7 Å². The van der Waals surface area contributed by atoms with Crippen LogP contribution in [0.25, 0.3) is 0 Å². The summed E-state index contributed by atoms with van der Waals surface area (Å²) in [6.07, 6.45) is -2.19. The Morgan fingerprint density at radius 2 is 2.00 bits per heavy atom. The number of carbonyl (C=O) groups is 1. The van der Waals surface area contributed by atoms with Crippen LogP contribution in [0, 0.1) is 6.92 Å². The van der Waals surface area contributed by atoms with Crippen molar-refractivity contribution in [1.29, 1.82) is 0 Å². The number of aromatic nitrogens is 2. The summed E-state index contributed by atoms with van der Waals surface area (Å²) < 4.78 is 36.4. The number of pyridine rings is 2. The van der Waals surface area contributed by atoms with Gasteiger partial charge in [0, 0.05) is 42.3 Å². The van der Waals surface area contributed by atoms with Crippen molar-refractivity contribution >= 4 is 5.91 Å². The number of rotatable bonds is 5. The maximum Gasteiger partial charge on any atom is 0.389 e. The summed E-state index contributed by atoms with van der Waals surface area (Å²) in [6.45, 7) is 2.05. The second-order valence-electron chi connectivity index (χ2n) is 5.14. The van der Waals surface area contributed by atoms with Gasteiger partial charge in [-0.2, -0.15) is 13.2 Å². The molecule has 4 nitrogen and oxygen atoms in total. The summed E-state index contributed by atoms with van der Waals surface area (Å²) in [6, 6.07) is 6.50. The lowest BCUT2D eigenvalue weighted by Crippen LogP contribution is -2.23. The first kappa shape index (κ1) is 16.9. The third-order valence-electron chi connectivity index (χ3n) is 3.16. The number of aryl methyl sites for hydroxylation is 2. The van der Waals surface area contributed by atoms with Crippen LogP contribution in [0.3, 0.4) is 0 Å². The van der Waals surface area contributed by atoms with Gasteiger partial charge < -0.3 is 5.32 Å². The number of amides is 1. The molecule has 0 spiro atoms. The fourth-order valence-electron chi connectivity index (χ4n) is 1.95. The molecule has 7 heteroatoms. The van der Waals surface area contributed by atoms with Gasteiger partial charge in [-0.25, -0.2) is 0 Å². The van der Waals surface area contributed by atoms with E-state index in [1.165, 1.54) is 6.20 Å². The van der Waals surface area contributed by atoms with Crippen LogP contribution in [0.5, 0.6) is 0 Å². The number of nitrogens with one attached hydrogen (secondary N) is 1. The molecule has 0 aliphatic rings. The fraction of sp³-hybridized carbons (Fsp3) is 0.312. The molecule has 0 radical (unpaired) electrons. The largest absolute Gasteiger partial charge is 0.389 e. The van der Waals surface area contributed by atoms with Crippen molar-refractivity contribution < 1.29 is 18.0 Å². The van der Waals surface area contributed by atoms with Crippen LogP contribution in [0.4, 0.5) is 13.2 Å². The SMILES string of the molecule is Cc1cc(C(=O)NCc2ccc(CCC(F)(F)F)nc2)ccn1. The second-order valence-corrected chi connectivity index (χ2v) is 5.14. The predicted molar refractivity (Wildman–Crippen MR) is 78.8 cm³/mol. The Balaban J connectivity index is 1.87. The number of nitrogens with zero attached hydrogens (tertiary/aromatic N) is 2. The van der Waals surface area contributed by atoms with E-state index in [9.17, 15) is 18.0 Å². The number of carbonyl (C=O) groups excluding carboxylic acids is 1. The Hall–Kier alpha value is -2.44. The minimum atomic E-state index is -4.18. The van der Waals surface area contributed by atoms with Crippen molar-refractivity contribution in [2.45, 2.75) is 32.5 Å². The van der Waals surface area contributed by atoms with Crippen LogP contribution >= 0.6 is 0 Å². The fourth-order valence-corrected chi connectivity index (χ4v) is 1.95. The molecule has 0 saturated heterocycles. The molecule has 23 heavy (non-hydrogen) atoms. The first-order chi connectivity index (χ1) is 10.8. The molecule has 0 aliphatic heterocycles. The van der Waals surface area contributed by atoms with E-state index in [1.807, 2.05) is 0 Å². The van der Waals surface area contributed by atoms with E-state index < -0.39 is 12.6 Å². The highest BCUT2D eigenvalue weighted by Gasteiger charge is 2.26. The smallest absolute Gasteiger partial charge is 0.348 e. The average Bonchev–Trinajstić information content (AvgIpc) is 2.51. The van der Waals surface area contributed by atoms with E-state index in [1.54, 1.807) is 37.4 Å². The van der Waals surface area contributed by atoms with Gasteiger partial charge in [0.1, 0.15) is 0 Å². The monoisotopic (exact) mass is 323 g/mol. The zero-order chi connectivity index (χ0) is 16.9. The standard InChI is InChI=1S/C16H16F3N3O/c1-11-8-13(5-7-20-11)15(23)22-10-12-2-3-14(21-9-12)4-6-16(17,18)19/h2-3,5,7-9H,4,6,10H2,1H3,(H,22,23). The predicted octanol–water partition coefficient (Wildman–Crippen LogP) is 3.21. The molecule has 0 atom stereocenters. The zero-order valence-corrected chi connectivity index (χ0v) is 12.5. The van der Waals surface area contributed by atoms with Gasteiger partial charge in [0.15, 0.2) is 0 Å². The lowest BCUT2D eigenvalue weighted by Gasteiger charge is -2.08. The van der Waals surface area contributed by atoms with Crippen molar-refractivity contribution in [3.8, 4) is 0 Å². The normalized spacial score (nSPS) is 11.3. The maximum absolute atomic E-state index is 12.1. The Labute approximate surface area is 131 Å². The van der Waals surface area contributed by atoms with E-state index in [-0.39, 0.29) is 18.9 Å². The van der Waals surface area contributed by atoms with Gasteiger partial charge in [-0.1, -0.05) is 6.07 Å². The molecule has 2 rings (SSSR count). The minimum Gasteiger partial charge on any atom is -0.348 e. The number of hydrogen-bond donors (Lipinski definition) is 1. The topological polar surface area (TPSA) is 54.9 Å². The van der Waals surface area contributed by atoms with Gasteiger partial charge in [-0.15, -0.1) is 0 Å². The lowest BCUT2D eigenvalue weighted by atomic mass is 10.2. The number of hydrogen-bond acceptors (Lipinski definition) is 3. The van der Waals surface area contributed by atoms with Gasteiger partial charge >= 0.3 is 6.18 Å². The molecule has 2 heterocycles. The molecule has 0 saturated carbocycles. The van der Waals surface area contributed by atoms with Crippen molar-refractivity contribution in [3.05, 3.63) is 59.2 Å². The Kier molecular flexibility index (Phi) is 5.31. The molecule has 0 aliphatic carbocycles. The van der Waals surface area contributed by atoms with E-state index in [4.69, 9.17) is 0 Å². The molecule has 0 fully saturated rings. The molecular formula is C16H16F3N3O. The van der Waals surface area contributed by atoms with E-state index >= 15 is 0 Å². The van der Waals surface area contributed by atoms with Crippen LogP contribution in [0.1, 0.15) is 33.7 Å². The molecule has 2 aromatic heterocycles. The summed E-state index contributed by atoms with van der Waals surface area (Å²) in [5, 5.41) is 2.73. The summed E-state index contributed by atoms with van der Waals surface area (Å²) >= 11 is 0.